The van der Waals surface area contributed by atoms with Crippen molar-refractivity contribution in [2.75, 3.05) is 0 Å². The van der Waals surface area contributed by atoms with Gasteiger partial charge in [0.15, 0.2) is 0 Å². The second-order valence-corrected chi connectivity index (χ2v) is 4.56. The van der Waals surface area contributed by atoms with Gasteiger partial charge in [0, 0.05) is 6.20 Å². The van der Waals surface area contributed by atoms with Crippen LogP contribution in [0.15, 0.2) is 42.6 Å². The molecule has 1 N–H and O–H groups in total. The van der Waals surface area contributed by atoms with E-state index in [0.29, 0.717) is 11.7 Å². The Morgan fingerprint density at radius 3 is 2.56 bits per heavy atom. The van der Waals surface area contributed by atoms with E-state index in [9.17, 15) is 5.11 Å². The van der Waals surface area contributed by atoms with Gasteiger partial charge in [0.25, 0.3) is 0 Å². The molecule has 2 nitrogen and oxygen atoms in total. The van der Waals surface area contributed by atoms with E-state index in [0.717, 1.165) is 16.8 Å². The molecule has 2 aromatic rings. The topological polar surface area (TPSA) is 33.1 Å². The molecule has 0 aliphatic heterocycles. The molecule has 92 valence electrons. The number of rotatable bonds is 3. The first-order valence-electron chi connectivity index (χ1n) is 6.09. The van der Waals surface area contributed by atoms with Crippen LogP contribution in [0.3, 0.4) is 0 Å². The van der Waals surface area contributed by atoms with Gasteiger partial charge in [-0.1, -0.05) is 38.1 Å². The lowest BCUT2D eigenvalue weighted by molar-refractivity contribution is 0.465. The fraction of sp³-hybridized carbons (Fsp3) is 0.188. The third-order valence-electron chi connectivity index (χ3n) is 2.81. The largest absolute Gasteiger partial charge is 0.508 e. The van der Waals surface area contributed by atoms with Crippen LogP contribution >= 0.6 is 0 Å². The van der Waals surface area contributed by atoms with Gasteiger partial charge in [0.1, 0.15) is 5.75 Å². The highest BCUT2D eigenvalue weighted by Crippen LogP contribution is 2.26. The molecule has 0 atom stereocenters. The van der Waals surface area contributed by atoms with Crippen LogP contribution in [0.5, 0.6) is 5.75 Å². The van der Waals surface area contributed by atoms with Crippen molar-refractivity contribution in [2.45, 2.75) is 19.8 Å². The normalized spacial score (nSPS) is 11.3. The van der Waals surface area contributed by atoms with E-state index in [1.807, 2.05) is 42.5 Å². The van der Waals surface area contributed by atoms with Crippen molar-refractivity contribution in [2.24, 2.45) is 0 Å². The van der Waals surface area contributed by atoms with E-state index in [1.54, 1.807) is 12.3 Å². The van der Waals surface area contributed by atoms with Crippen molar-refractivity contribution in [3.05, 3.63) is 59.4 Å². The van der Waals surface area contributed by atoms with Crippen LogP contribution in [0.2, 0.25) is 0 Å². The zero-order valence-corrected chi connectivity index (χ0v) is 10.7. The Morgan fingerprint density at radius 1 is 1.11 bits per heavy atom. The van der Waals surface area contributed by atoms with Crippen LogP contribution in [0.25, 0.3) is 12.2 Å². The maximum Gasteiger partial charge on any atom is 0.119 e. The maximum atomic E-state index is 9.91. The second-order valence-electron chi connectivity index (χ2n) is 4.56. The summed E-state index contributed by atoms with van der Waals surface area (Å²) in [6.45, 7) is 4.14. The van der Waals surface area contributed by atoms with Crippen LogP contribution in [0.4, 0.5) is 0 Å². The summed E-state index contributed by atoms with van der Waals surface area (Å²) in [5.41, 5.74) is 2.86. The highest BCUT2D eigenvalue weighted by atomic mass is 16.3. The highest BCUT2D eigenvalue weighted by Gasteiger charge is 2.05. The zero-order valence-electron chi connectivity index (χ0n) is 10.7. The molecule has 2 heteroatoms. The summed E-state index contributed by atoms with van der Waals surface area (Å²) in [6.07, 6.45) is 5.65. The first-order chi connectivity index (χ1) is 8.66. The third kappa shape index (κ3) is 2.98. The molecule has 0 amide bonds. The number of pyridine rings is 1. The number of phenolic OH excluding ortho intramolecular Hbond substituents is 1. The van der Waals surface area contributed by atoms with Crippen molar-refractivity contribution in [3.63, 3.8) is 0 Å². The molecule has 0 spiro atoms. The van der Waals surface area contributed by atoms with Gasteiger partial charge in [-0.15, -0.1) is 0 Å². The fourth-order valence-corrected chi connectivity index (χ4v) is 1.81. The van der Waals surface area contributed by atoms with E-state index in [-0.39, 0.29) is 0 Å². The second kappa shape index (κ2) is 5.50. The molecule has 2 rings (SSSR count). The first-order valence-corrected chi connectivity index (χ1v) is 6.09. The highest BCUT2D eigenvalue weighted by molar-refractivity contribution is 5.69. The number of aromatic hydroxyl groups is 1. The molecule has 0 aliphatic carbocycles. The molecule has 0 radical (unpaired) electrons. The van der Waals surface area contributed by atoms with Gasteiger partial charge in [-0.25, -0.2) is 0 Å². The summed E-state index contributed by atoms with van der Waals surface area (Å²) in [5, 5.41) is 9.91. The Balaban J connectivity index is 2.21. The Morgan fingerprint density at radius 2 is 1.94 bits per heavy atom. The number of benzene rings is 1. The number of hydrogen-bond acceptors (Lipinski definition) is 2. The van der Waals surface area contributed by atoms with Crippen molar-refractivity contribution < 1.29 is 5.11 Å². The maximum absolute atomic E-state index is 9.91. The predicted molar refractivity (Wildman–Crippen MR) is 75.4 cm³/mol. The minimum atomic E-state index is 0.332. The Bertz CT molecular complexity index is 544. The van der Waals surface area contributed by atoms with Crippen LogP contribution < -0.4 is 0 Å². The van der Waals surface area contributed by atoms with E-state index < -0.39 is 0 Å². The zero-order chi connectivity index (χ0) is 13.0. The van der Waals surface area contributed by atoms with E-state index in [4.69, 9.17) is 0 Å². The van der Waals surface area contributed by atoms with Gasteiger partial charge in [0.05, 0.1) is 5.69 Å². The Kier molecular flexibility index (Phi) is 3.78. The van der Waals surface area contributed by atoms with Gasteiger partial charge < -0.3 is 5.11 Å². The summed E-state index contributed by atoms with van der Waals surface area (Å²) in [6, 6.07) is 11.5. The van der Waals surface area contributed by atoms with Gasteiger partial charge in [0.2, 0.25) is 0 Å². The lowest BCUT2D eigenvalue weighted by atomic mass is 10.0. The molecule has 0 saturated heterocycles. The molecule has 1 aromatic heterocycles. The van der Waals surface area contributed by atoms with Gasteiger partial charge in [-0.3, -0.25) is 4.98 Å². The molecule has 0 fully saturated rings. The molecular weight excluding hydrogens is 222 g/mol. The number of hydrogen-bond donors (Lipinski definition) is 1. The van der Waals surface area contributed by atoms with Crippen molar-refractivity contribution in [3.8, 4) is 5.75 Å². The molecular formula is C16H17NO. The molecule has 1 heterocycles. The Labute approximate surface area is 108 Å². The third-order valence-corrected chi connectivity index (χ3v) is 2.81. The standard InChI is InChI=1S/C16H17NO/c1-12(2)15-9-7-13(11-16(15)18)6-8-14-5-3-4-10-17-14/h3-12,18H,1-2H3/b8-6+. The number of nitrogens with zero attached hydrogens (tertiary/aromatic N) is 1. The lowest BCUT2D eigenvalue weighted by Gasteiger charge is -2.08. The number of phenols is 1. The average Bonchev–Trinajstić information content (AvgIpc) is 2.37. The quantitative estimate of drug-likeness (QED) is 0.875. The predicted octanol–water partition coefficient (Wildman–Crippen LogP) is 4.08. The Hall–Kier alpha value is -2.09. The SMILES string of the molecule is CC(C)c1ccc(/C=C/c2ccccn2)cc1O. The summed E-state index contributed by atoms with van der Waals surface area (Å²) >= 11 is 0. The van der Waals surface area contributed by atoms with Crippen LogP contribution in [0.1, 0.15) is 36.6 Å². The minimum absolute atomic E-state index is 0.332. The van der Waals surface area contributed by atoms with Crippen LogP contribution in [-0.2, 0) is 0 Å². The lowest BCUT2D eigenvalue weighted by Crippen LogP contribution is -1.88. The minimum Gasteiger partial charge on any atom is -0.508 e. The summed E-state index contributed by atoms with van der Waals surface area (Å²) < 4.78 is 0. The first kappa shape index (κ1) is 12.4. The summed E-state index contributed by atoms with van der Waals surface area (Å²) in [5.74, 6) is 0.687. The fourth-order valence-electron chi connectivity index (χ4n) is 1.81. The molecule has 0 unspecified atom stereocenters. The molecule has 0 saturated carbocycles. The van der Waals surface area contributed by atoms with Crippen LogP contribution in [-0.4, -0.2) is 10.1 Å². The molecule has 1 aromatic carbocycles. The van der Waals surface area contributed by atoms with E-state index in [1.165, 1.54) is 0 Å². The van der Waals surface area contributed by atoms with E-state index in [2.05, 4.69) is 18.8 Å². The monoisotopic (exact) mass is 239 g/mol. The smallest absolute Gasteiger partial charge is 0.119 e. The number of aromatic nitrogens is 1. The van der Waals surface area contributed by atoms with E-state index >= 15 is 0 Å². The molecule has 0 bridgehead atoms. The summed E-state index contributed by atoms with van der Waals surface area (Å²) in [7, 11) is 0. The molecule has 0 aliphatic rings. The summed E-state index contributed by atoms with van der Waals surface area (Å²) in [4.78, 5) is 4.21. The van der Waals surface area contributed by atoms with Gasteiger partial charge in [-0.2, -0.15) is 0 Å². The van der Waals surface area contributed by atoms with Gasteiger partial charge >= 0.3 is 0 Å². The molecule has 18 heavy (non-hydrogen) atoms. The van der Waals surface area contributed by atoms with Crippen molar-refractivity contribution in [1.82, 2.24) is 4.98 Å². The van der Waals surface area contributed by atoms with Crippen LogP contribution in [0, 0.1) is 0 Å². The van der Waals surface area contributed by atoms with Crippen molar-refractivity contribution in [1.29, 1.82) is 0 Å². The van der Waals surface area contributed by atoms with Crippen molar-refractivity contribution >= 4 is 12.2 Å². The average molecular weight is 239 g/mol. The van der Waals surface area contributed by atoms with Gasteiger partial charge in [-0.05, 0) is 41.3 Å².